The number of thioether (sulfide) groups is 1. The third kappa shape index (κ3) is 2.42. The molecule has 1 heterocycles. The lowest BCUT2D eigenvalue weighted by molar-refractivity contribution is 0.419. The fourth-order valence-electron chi connectivity index (χ4n) is 2.15. The summed E-state index contributed by atoms with van der Waals surface area (Å²) in [7, 11) is 1.68. The minimum absolute atomic E-state index is 0.394. The summed E-state index contributed by atoms with van der Waals surface area (Å²) in [6.45, 7) is 2.21. The highest BCUT2D eigenvalue weighted by Gasteiger charge is 2.13. The van der Waals surface area contributed by atoms with E-state index in [0.717, 1.165) is 33.7 Å². The van der Waals surface area contributed by atoms with E-state index < -0.39 is 0 Å². The SMILES string of the molecule is COc1cccc2c1[nH]c(=S)n2C(C)CCSC. The van der Waals surface area contributed by atoms with Gasteiger partial charge in [0.1, 0.15) is 11.3 Å². The summed E-state index contributed by atoms with van der Waals surface area (Å²) in [6.07, 6.45) is 3.24. The van der Waals surface area contributed by atoms with E-state index in [1.807, 2.05) is 23.9 Å². The normalized spacial score (nSPS) is 12.8. The average Bonchev–Trinajstić information content (AvgIpc) is 2.71. The van der Waals surface area contributed by atoms with Gasteiger partial charge in [0.15, 0.2) is 4.77 Å². The van der Waals surface area contributed by atoms with Crippen LogP contribution in [0.2, 0.25) is 0 Å². The number of hydrogen-bond acceptors (Lipinski definition) is 3. The van der Waals surface area contributed by atoms with E-state index in [9.17, 15) is 0 Å². The minimum Gasteiger partial charge on any atom is -0.494 e. The smallest absolute Gasteiger partial charge is 0.178 e. The molecule has 1 aromatic carbocycles. The maximum absolute atomic E-state index is 5.43. The second-order valence-corrected chi connectivity index (χ2v) is 5.66. The Labute approximate surface area is 117 Å². The highest BCUT2D eigenvalue weighted by molar-refractivity contribution is 7.98. The van der Waals surface area contributed by atoms with Gasteiger partial charge < -0.3 is 14.3 Å². The molecule has 5 heteroatoms. The summed E-state index contributed by atoms with van der Waals surface area (Å²) >= 11 is 7.30. The van der Waals surface area contributed by atoms with Gasteiger partial charge in [-0.15, -0.1) is 0 Å². The molecule has 18 heavy (non-hydrogen) atoms. The Hall–Kier alpha value is -0.940. The van der Waals surface area contributed by atoms with E-state index in [-0.39, 0.29) is 0 Å². The highest BCUT2D eigenvalue weighted by Crippen LogP contribution is 2.28. The molecule has 0 aliphatic rings. The number of H-pyrrole nitrogens is 1. The van der Waals surface area contributed by atoms with Crippen LogP contribution in [0, 0.1) is 4.77 Å². The third-order valence-corrected chi connectivity index (χ3v) is 4.06. The molecule has 1 aromatic heterocycles. The second kappa shape index (κ2) is 5.80. The van der Waals surface area contributed by atoms with Crippen LogP contribution < -0.4 is 4.74 Å². The fourth-order valence-corrected chi connectivity index (χ4v) is 3.10. The number of para-hydroxylation sites is 1. The van der Waals surface area contributed by atoms with Crippen LogP contribution in [-0.4, -0.2) is 28.7 Å². The van der Waals surface area contributed by atoms with Crippen LogP contribution in [0.3, 0.4) is 0 Å². The van der Waals surface area contributed by atoms with Crippen LogP contribution in [0.4, 0.5) is 0 Å². The number of hydrogen-bond donors (Lipinski definition) is 1. The summed E-state index contributed by atoms with van der Waals surface area (Å²) < 4.78 is 8.31. The van der Waals surface area contributed by atoms with Gasteiger partial charge in [-0.25, -0.2) is 0 Å². The maximum atomic E-state index is 5.43. The molecule has 3 nitrogen and oxygen atoms in total. The van der Waals surface area contributed by atoms with E-state index in [4.69, 9.17) is 17.0 Å². The molecule has 0 fully saturated rings. The lowest BCUT2D eigenvalue weighted by Gasteiger charge is -2.14. The Balaban J connectivity index is 2.51. The van der Waals surface area contributed by atoms with Crippen molar-refractivity contribution < 1.29 is 4.74 Å². The van der Waals surface area contributed by atoms with Crippen molar-refractivity contribution in [3.63, 3.8) is 0 Å². The Morgan fingerprint density at radius 2 is 2.28 bits per heavy atom. The molecule has 98 valence electrons. The molecule has 0 saturated carbocycles. The first-order valence-electron chi connectivity index (χ1n) is 5.95. The first-order valence-corrected chi connectivity index (χ1v) is 7.75. The summed E-state index contributed by atoms with van der Waals surface area (Å²) in [4.78, 5) is 3.25. The molecule has 1 unspecified atom stereocenters. The molecule has 0 aliphatic heterocycles. The van der Waals surface area contributed by atoms with Gasteiger partial charge in [0.2, 0.25) is 0 Å². The van der Waals surface area contributed by atoms with Gasteiger partial charge in [-0.1, -0.05) is 6.07 Å². The fraction of sp³-hybridized carbons (Fsp3) is 0.462. The first-order chi connectivity index (χ1) is 8.69. The lowest BCUT2D eigenvalue weighted by Crippen LogP contribution is -2.06. The van der Waals surface area contributed by atoms with Gasteiger partial charge in [0.25, 0.3) is 0 Å². The first kappa shape index (κ1) is 13.5. The van der Waals surface area contributed by atoms with E-state index >= 15 is 0 Å². The zero-order valence-corrected chi connectivity index (χ0v) is 12.5. The van der Waals surface area contributed by atoms with Crippen molar-refractivity contribution in [3.8, 4) is 5.75 Å². The molecule has 1 atom stereocenters. The zero-order valence-electron chi connectivity index (χ0n) is 10.9. The summed E-state index contributed by atoms with van der Waals surface area (Å²) in [5.74, 6) is 1.98. The van der Waals surface area contributed by atoms with Crippen LogP contribution in [0.15, 0.2) is 18.2 Å². The third-order valence-electron chi connectivity index (χ3n) is 3.11. The number of benzene rings is 1. The van der Waals surface area contributed by atoms with Gasteiger partial charge in [-0.3, -0.25) is 0 Å². The van der Waals surface area contributed by atoms with Crippen molar-refractivity contribution in [1.82, 2.24) is 9.55 Å². The van der Waals surface area contributed by atoms with Gasteiger partial charge in [0, 0.05) is 6.04 Å². The lowest BCUT2D eigenvalue weighted by atomic mass is 10.2. The van der Waals surface area contributed by atoms with Crippen LogP contribution in [-0.2, 0) is 0 Å². The molecule has 0 saturated heterocycles. The molecule has 2 aromatic rings. The van der Waals surface area contributed by atoms with Crippen LogP contribution >= 0.6 is 24.0 Å². The predicted octanol–water partition coefficient (Wildman–Crippen LogP) is 4.02. The highest BCUT2D eigenvalue weighted by atomic mass is 32.2. The van der Waals surface area contributed by atoms with E-state index in [0.29, 0.717) is 6.04 Å². The van der Waals surface area contributed by atoms with Gasteiger partial charge in [-0.2, -0.15) is 11.8 Å². The number of methoxy groups -OCH3 is 1. The molecule has 2 rings (SSSR count). The number of rotatable bonds is 5. The van der Waals surface area contributed by atoms with Crippen molar-refractivity contribution in [1.29, 1.82) is 0 Å². The second-order valence-electron chi connectivity index (χ2n) is 4.29. The van der Waals surface area contributed by atoms with Crippen molar-refractivity contribution in [2.45, 2.75) is 19.4 Å². The topological polar surface area (TPSA) is 29.9 Å². The molecular weight excluding hydrogens is 264 g/mol. The Bertz CT molecular complexity index is 588. The van der Waals surface area contributed by atoms with Gasteiger partial charge in [0.05, 0.1) is 12.6 Å². The number of aromatic nitrogens is 2. The Kier molecular flexibility index (Phi) is 4.35. The molecule has 0 aliphatic carbocycles. The van der Waals surface area contributed by atoms with E-state index in [1.54, 1.807) is 7.11 Å². The molecule has 0 radical (unpaired) electrons. The number of nitrogens with one attached hydrogen (secondary N) is 1. The van der Waals surface area contributed by atoms with Crippen molar-refractivity contribution in [3.05, 3.63) is 23.0 Å². The van der Waals surface area contributed by atoms with Crippen molar-refractivity contribution in [2.24, 2.45) is 0 Å². The molecule has 1 N–H and O–H groups in total. The van der Waals surface area contributed by atoms with Crippen LogP contribution in [0.25, 0.3) is 11.0 Å². The van der Waals surface area contributed by atoms with Gasteiger partial charge >= 0.3 is 0 Å². The van der Waals surface area contributed by atoms with E-state index in [1.165, 1.54) is 0 Å². The number of imidazole rings is 1. The van der Waals surface area contributed by atoms with Crippen LogP contribution in [0.5, 0.6) is 5.75 Å². The molecular formula is C13H18N2OS2. The monoisotopic (exact) mass is 282 g/mol. The number of nitrogens with zero attached hydrogens (tertiary/aromatic N) is 1. The molecule has 0 amide bonds. The summed E-state index contributed by atoms with van der Waals surface area (Å²) in [6, 6.07) is 6.43. The van der Waals surface area contributed by atoms with Crippen molar-refractivity contribution in [2.75, 3.05) is 19.1 Å². The predicted molar refractivity (Wildman–Crippen MR) is 81.4 cm³/mol. The van der Waals surface area contributed by atoms with Crippen molar-refractivity contribution >= 4 is 35.0 Å². The number of aromatic amines is 1. The van der Waals surface area contributed by atoms with E-state index in [2.05, 4.69) is 28.8 Å². The van der Waals surface area contributed by atoms with Crippen LogP contribution in [0.1, 0.15) is 19.4 Å². The quantitative estimate of drug-likeness (QED) is 0.840. The Morgan fingerprint density at radius 3 is 2.94 bits per heavy atom. The largest absolute Gasteiger partial charge is 0.494 e. The number of fused-ring (bicyclic) bond motifs is 1. The standard InChI is InChI=1S/C13H18N2OS2/c1-9(7-8-18-3)15-10-5-4-6-11(16-2)12(10)14-13(15)17/h4-6,9H,7-8H2,1-3H3,(H,14,17). The average molecular weight is 282 g/mol. The summed E-state index contributed by atoms with van der Waals surface area (Å²) in [5.41, 5.74) is 2.11. The summed E-state index contributed by atoms with van der Waals surface area (Å²) in [5, 5.41) is 0. The molecule has 0 spiro atoms. The Morgan fingerprint density at radius 1 is 1.50 bits per heavy atom. The maximum Gasteiger partial charge on any atom is 0.178 e. The minimum atomic E-state index is 0.394. The van der Waals surface area contributed by atoms with Gasteiger partial charge in [-0.05, 0) is 49.7 Å². The number of ether oxygens (including phenoxy) is 1. The molecule has 0 bridgehead atoms. The zero-order chi connectivity index (χ0) is 13.1.